The average Bonchev–Trinajstić information content (AvgIpc) is 3.31. The number of aromatic nitrogens is 4. The van der Waals surface area contributed by atoms with Crippen LogP contribution in [0.15, 0.2) is 53.7 Å². The van der Waals surface area contributed by atoms with E-state index in [2.05, 4.69) is 78.0 Å². The fourth-order valence-corrected chi connectivity index (χ4v) is 6.69. The van der Waals surface area contributed by atoms with E-state index in [9.17, 15) is 9.59 Å². The van der Waals surface area contributed by atoms with E-state index in [1.54, 1.807) is 11.8 Å². The number of unbranched alkanes of at least 4 members (excludes halogenated alkanes) is 4. The number of thioether (sulfide) groups is 1. The van der Waals surface area contributed by atoms with Crippen LogP contribution in [0.3, 0.4) is 0 Å². The fraction of sp³-hybridized carbons (Fsp3) is 0.500. The lowest BCUT2D eigenvalue weighted by atomic mass is 10.1. The number of benzene rings is 2. The van der Waals surface area contributed by atoms with Gasteiger partial charge in [-0.3, -0.25) is 9.59 Å². The predicted molar refractivity (Wildman–Crippen MR) is 174 cm³/mol. The highest BCUT2D eigenvalue weighted by Gasteiger charge is 2.29. The summed E-state index contributed by atoms with van der Waals surface area (Å²) in [5, 5.41) is 10.7. The molecule has 2 aromatic carbocycles. The molecule has 1 aliphatic heterocycles. The molecule has 4 aromatic rings. The van der Waals surface area contributed by atoms with Gasteiger partial charge in [0.1, 0.15) is 5.52 Å². The molecule has 1 saturated heterocycles. The first kappa shape index (κ1) is 31.0. The first-order valence-corrected chi connectivity index (χ1v) is 16.8. The van der Waals surface area contributed by atoms with Crippen molar-refractivity contribution in [3.63, 3.8) is 0 Å². The van der Waals surface area contributed by atoms with Crippen LogP contribution in [0.2, 0.25) is 0 Å². The minimum absolute atomic E-state index is 0.0628. The molecule has 2 aromatic heterocycles. The second kappa shape index (κ2) is 14.8. The summed E-state index contributed by atoms with van der Waals surface area (Å²) in [5.41, 5.74) is 5.13. The Balaban J connectivity index is 1.14. The van der Waals surface area contributed by atoms with E-state index in [0.717, 1.165) is 47.1 Å². The molecule has 1 aliphatic rings. The molecule has 8 nitrogen and oxygen atoms in total. The summed E-state index contributed by atoms with van der Waals surface area (Å²) in [6, 6.07) is 16.9. The molecule has 1 unspecified atom stereocenters. The quantitative estimate of drug-likeness (QED) is 0.127. The zero-order chi connectivity index (χ0) is 30.2. The average molecular weight is 601 g/mol. The number of hydrogen-bond acceptors (Lipinski definition) is 6. The summed E-state index contributed by atoms with van der Waals surface area (Å²) in [6.07, 6.45) is 7.57. The van der Waals surface area contributed by atoms with Crippen molar-refractivity contribution in [2.24, 2.45) is 0 Å². The van der Waals surface area contributed by atoms with Crippen molar-refractivity contribution in [3.05, 3.63) is 59.7 Å². The Labute approximate surface area is 259 Å². The van der Waals surface area contributed by atoms with Gasteiger partial charge in [0.05, 0.1) is 5.52 Å². The van der Waals surface area contributed by atoms with Gasteiger partial charge in [-0.15, -0.1) is 10.2 Å². The minimum Gasteiger partial charge on any atom is -0.339 e. The van der Waals surface area contributed by atoms with Crippen LogP contribution in [-0.2, 0) is 16.1 Å². The molecule has 1 atom stereocenters. The van der Waals surface area contributed by atoms with E-state index in [-0.39, 0.29) is 17.9 Å². The predicted octanol–water partition coefficient (Wildman–Crippen LogP) is 6.63. The highest BCUT2D eigenvalue weighted by Crippen LogP contribution is 2.29. The van der Waals surface area contributed by atoms with Crippen molar-refractivity contribution >= 4 is 45.6 Å². The summed E-state index contributed by atoms with van der Waals surface area (Å²) in [6.45, 7) is 8.91. The Morgan fingerprint density at radius 1 is 0.930 bits per heavy atom. The van der Waals surface area contributed by atoms with Crippen LogP contribution < -0.4 is 0 Å². The standard InChI is InChI=1S/C34H44N6O2S/c1-4-5-6-7-11-15-31(42)39-20-19-38(23-26(39)3)30(41)16-12-21-43-34-35-33-32(36-37-34)28-22-25(2)17-18-29(28)40(33)24-27-13-9-8-10-14-27/h8-10,13-14,17-18,22,26H,4-7,11-12,15-16,19-21,23-24H2,1-3H3. The largest absolute Gasteiger partial charge is 0.339 e. The third-order valence-electron chi connectivity index (χ3n) is 8.35. The summed E-state index contributed by atoms with van der Waals surface area (Å²) in [5.74, 6) is 1.13. The minimum atomic E-state index is 0.0628. The van der Waals surface area contributed by atoms with Gasteiger partial charge in [-0.25, -0.2) is 4.98 Å². The van der Waals surface area contributed by atoms with Crippen molar-refractivity contribution in [3.8, 4) is 0 Å². The molecular formula is C34H44N6O2S. The summed E-state index contributed by atoms with van der Waals surface area (Å²) < 4.78 is 2.22. The lowest BCUT2D eigenvalue weighted by Gasteiger charge is -2.40. The number of carbonyl (C=O) groups is 2. The number of piperazine rings is 1. The molecule has 0 aliphatic carbocycles. The topological polar surface area (TPSA) is 84.2 Å². The van der Waals surface area contributed by atoms with Gasteiger partial charge in [0.2, 0.25) is 17.0 Å². The van der Waals surface area contributed by atoms with Crippen LogP contribution in [0, 0.1) is 6.92 Å². The van der Waals surface area contributed by atoms with Gasteiger partial charge in [0.25, 0.3) is 0 Å². The van der Waals surface area contributed by atoms with Gasteiger partial charge in [-0.1, -0.05) is 86.3 Å². The van der Waals surface area contributed by atoms with E-state index in [4.69, 9.17) is 4.98 Å². The fourth-order valence-electron chi connectivity index (χ4n) is 5.97. The molecule has 0 radical (unpaired) electrons. The third-order valence-corrected chi connectivity index (χ3v) is 9.27. The lowest BCUT2D eigenvalue weighted by Crippen LogP contribution is -2.55. The van der Waals surface area contributed by atoms with Crippen molar-refractivity contribution in [1.29, 1.82) is 0 Å². The highest BCUT2D eigenvalue weighted by atomic mass is 32.2. The number of carbonyl (C=O) groups excluding carboxylic acids is 2. The maximum absolute atomic E-state index is 13.0. The van der Waals surface area contributed by atoms with Gasteiger partial charge >= 0.3 is 0 Å². The smallest absolute Gasteiger partial charge is 0.222 e. The molecule has 0 spiro atoms. The molecular weight excluding hydrogens is 556 g/mol. The second-order valence-corrected chi connectivity index (χ2v) is 12.8. The van der Waals surface area contributed by atoms with Gasteiger partial charge in [0, 0.05) is 56.2 Å². The van der Waals surface area contributed by atoms with Crippen LogP contribution in [0.25, 0.3) is 22.1 Å². The number of amides is 2. The van der Waals surface area contributed by atoms with E-state index < -0.39 is 0 Å². The zero-order valence-electron chi connectivity index (χ0n) is 25.8. The molecule has 1 fully saturated rings. The molecule has 9 heteroatoms. The van der Waals surface area contributed by atoms with Crippen molar-refractivity contribution in [1.82, 2.24) is 29.5 Å². The molecule has 0 N–H and O–H groups in total. The van der Waals surface area contributed by atoms with Crippen LogP contribution in [-0.4, -0.2) is 72.8 Å². The Morgan fingerprint density at radius 3 is 2.51 bits per heavy atom. The zero-order valence-corrected chi connectivity index (χ0v) is 26.6. The summed E-state index contributed by atoms with van der Waals surface area (Å²) in [4.78, 5) is 34.5. The highest BCUT2D eigenvalue weighted by molar-refractivity contribution is 7.99. The monoisotopic (exact) mass is 600 g/mol. The Morgan fingerprint density at radius 2 is 1.72 bits per heavy atom. The number of rotatable bonds is 13. The number of fused-ring (bicyclic) bond motifs is 3. The Bertz CT molecular complexity index is 1540. The SMILES string of the molecule is CCCCCCCC(=O)N1CCN(C(=O)CCCSc2nnc3c4cc(C)ccc4n(Cc4ccccc4)c3n2)CC1C. The molecule has 3 heterocycles. The van der Waals surface area contributed by atoms with Crippen molar-refractivity contribution in [2.45, 2.75) is 89.9 Å². The number of hydrogen-bond donors (Lipinski definition) is 0. The number of nitrogens with zero attached hydrogens (tertiary/aromatic N) is 6. The van der Waals surface area contributed by atoms with Crippen LogP contribution in [0.5, 0.6) is 0 Å². The van der Waals surface area contributed by atoms with Gasteiger partial charge in [-0.2, -0.15) is 0 Å². The third kappa shape index (κ3) is 7.74. The number of aryl methyl sites for hydroxylation is 1. The van der Waals surface area contributed by atoms with Crippen molar-refractivity contribution in [2.75, 3.05) is 25.4 Å². The van der Waals surface area contributed by atoms with E-state index >= 15 is 0 Å². The van der Waals surface area contributed by atoms with E-state index in [0.29, 0.717) is 44.2 Å². The van der Waals surface area contributed by atoms with Crippen LogP contribution >= 0.6 is 11.8 Å². The van der Waals surface area contributed by atoms with Gasteiger partial charge < -0.3 is 14.4 Å². The Hall–Kier alpha value is -3.46. The lowest BCUT2D eigenvalue weighted by molar-refractivity contribution is -0.142. The molecule has 0 saturated carbocycles. The van der Waals surface area contributed by atoms with Gasteiger partial charge in [0.15, 0.2) is 5.65 Å². The molecule has 5 rings (SSSR count). The molecule has 2 amide bonds. The first-order valence-electron chi connectivity index (χ1n) is 15.8. The van der Waals surface area contributed by atoms with Crippen molar-refractivity contribution < 1.29 is 9.59 Å². The van der Waals surface area contributed by atoms with Gasteiger partial charge in [-0.05, 0) is 44.4 Å². The molecule has 0 bridgehead atoms. The molecule has 43 heavy (non-hydrogen) atoms. The normalized spacial score (nSPS) is 15.5. The van der Waals surface area contributed by atoms with Crippen LogP contribution in [0.4, 0.5) is 0 Å². The maximum atomic E-state index is 13.0. The molecule has 228 valence electrons. The Kier molecular flexibility index (Phi) is 10.7. The summed E-state index contributed by atoms with van der Waals surface area (Å²) >= 11 is 1.55. The van der Waals surface area contributed by atoms with E-state index in [1.165, 1.54) is 30.4 Å². The second-order valence-electron chi connectivity index (χ2n) is 11.8. The maximum Gasteiger partial charge on any atom is 0.222 e. The summed E-state index contributed by atoms with van der Waals surface area (Å²) in [7, 11) is 0. The first-order chi connectivity index (χ1) is 20.9. The van der Waals surface area contributed by atoms with Crippen LogP contribution in [0.1, 0.15) is 76.3 Å². The van der Waals surface area contributed by atoms with E-state index in [1.807, 2.05) is 15.9 Å².